The average molecular weight is 247 g/mol. The van der Waals surface area contributed by atoms with Crippen LogP contribution in [-0.2, 0) is 4.74 Å². The number of pyridine rings is 1. The summed E-state index contributed by atoms with van der Waals surface area (Å²) in [5, 5.41) is 12.2. The van der Waals surface area contributed by atoms with Crippen LogP contribution < -0.4 is 5.32 Å². The van der Waals surface area contributed by atoms with Gasteiger partial charge in [0.2, 0.25) is 0 Å². The minimum Gasteiger partial charge on any atom is -0.382 e. The monoisotopic (exact) mass is 247 g/mol. The lowest BCUT2D eigenvalue weighted by molar-refractivity contribution is 0.147. The summed E-state index contributed by atoms with van der Waals surface area (Å²) in [6.45, 7) is 8.40. The number of nitriles is 1. The Morgan fingerprint density at radius 2 is 2.22 bits per heavy atom. The third kappa shape index (κ3) is 4.34. The number of hydrogen-bond donors (Lipinski definition) is 1. The molecule has 1 N–H and O–H groups in total. The maximum atomic E-state index is 9.03. The molecule has 1 rings (SSSR count). The Labute approximate surface area is 109 Å². The molecule has 0 fully saturated rings. The maximum absolute atomic E-state index is 9.03. The van der Waals surface area contributed by atoms with Crippen LogP contribution in [0.15, 0.2) is 12.1 Å². The van der Waals surface area contributed by atoms with Crippen LogP contribution in [0.3, 0.4) is 0 Å². The van der Waals surface area contributed by atoms with E-state index in [0.717, 1.165) is 31.9 Å². The van der Waals surface area contributed by atoms with Gasteiger partial charge in [0.05, 0.1) is 5.56 Å². The van der Waals surface area contributed by atoms with Gasteiger partial charge in [0, 0.05) is 25.5 Å². The lowest BCUT2D eigenvalue weighted by Crippen LogP contribution is -2.09. The molecule has 4 heteroatoms. The molecule has 0 amide bonds. The number of nitrogens with one attached hydrogen (secondary N) is 1. The van der Waals surface area contributed by atoms with E-state index in [1.807, 2.05) is 19.1 Å². The molecule has 1 heterocycles. The lowest BCUT2D eigenvalue weighted by atomic mass is 10.1. The summed E-state index contributed by atoms with van der Waals surface area (Å²) >= 11 is 0. The van der Waals surface area contributed by atoms with Gasteiger partial charge >= 0.3 is 0 Å². The molecule has 1 aromatic rings. The van der Waals surface area contributed by atoms with Crippen LogP contribution in [0.2, 0.25) is 0 Å². The van der Waals surface area contributed by atoms with Crippen molar-refractivity contribution in [2.45, 2.75) is 33.1 Å². The van der Waals surface area contributed by atoms with Gasteiger partial charge in [0.1, 0.15) is 11.9 Å². The smallest absolute Gasteiger partial charge is 0.144 e. The summed E-state index contributed by atoms with van der Waals surface area (Å²) in [6.07, 6.45) is 0.909. The van der Waals surface area contributed by atoms with E-state index < -0.39 is 0 Å². The first kappa shape index (κ1) is 14.5. The van der Waals surface area contributed by atoms with Gasteiger partial charge in [-0.05, 0) is 31.4 Å². The zero-order valence-corrected chi connectivity index (χ0v) is 11.4. The van der Waals surface area contributed by atoms with E-state index in [1.54, 1.807) is 0 Å². The van der Waals surface area contributed by atoms with Crippen molar-refractivity contribution in [3.05, 3.63) is 23.4 Å². The number of rotatable bonds is 7. The highest BCUT2D eigenvalue weighted by atomic mass is 16.5. The highest BCUT2D eigenvalue weighted by Gasteiger charge is 2.07. The van der Waals surface area contributed by atoms with Crippen LogP contribution in [0.1, 0.15) is 44.4 Å². The zero-order valence-electron chi connectivity index (χ0n) is 11.4. The van der Waals surface area contributed by atoms with E-state index in [4.69, 9.17) is 10.00 Å². The van der Waals surface area contributed by atoms with E-state index in [2.05, 4.69) is 30.2 Å². The Bertz CT molecular complexity index is 410. The SMILES string of the molecule is CCOCCCNc1nc(C(C)C)ccc1C#N. The second-order valence-corrected chi connectivity index (χ2v) is 4.38. The molecular formula is C14H21N3O. The Balaban J connectivity index is 2.62. The molecule has 0 aliphatic heterocycles. The second kappa shape index (κ2) is 7.67. The molecule has 0 saturated carbocycles. The van der Waals surface area contributed by atoms with Crippen LogP contribution in [0.25, 0.3) is 0 Å². The fourth-order valence-electron chi connectivity index (χ4n) is 1.55. The van der Waals surface area contributed by atoms with Crippen molar-refractivity contribution in [2.24, 2.45) is 0 Å². The summed E-state index contributed by atoms with van der Waals surface area (Å²) < 4.78 is 5.26. The van der Waals surface area contributed by atoms with Crippen molar-refractivity contribution in [3.63, 3.8) is 0 Å². The van der Waals surface area contributed by atoms with Crippen LogP contribution in [0, 0.1) is 11.3 Å². The second-order valence-electron chi connectivity index (χ2n) is 4.38. The highest BCUT2D eigenvalue weighted by molar-refractivity contribution is 5.52. The van der Waals surface area contributed by atoms with Crippen molar-refractivity contribution in [2.75, 3.05) is 25.1 Å². The highest BCUT2D eigenvalue weighted by Crippen LogP contribution is 2.18. The Kier molecular flexibility index (Phi) is 6.16. The van der Waals surface area contributed by atoms with Crippen molar-refractivity contribution < 1.29 is 4.74 Å². The fraction of sp³-hybridized carbons (Fsp3) is 0.571. The Morgan fingerprint density at radius 3 is 2.83 bits per heavy atom. The van der Waals surface area contributed by atoms with Crippen molar-refractivity contribution >= 4 is 5.82 Å². The van der Waals surface area contributed by atoms with Crippen molar-refractivity contribution in [3.8, 4) is 6.07 Å². The van der Waals surface area contributed by atoms with Crippen molar-refractivity contribution in [1.29, 1.82) is 5.26 Å². The van der Waals surface area contributed by atoms with Gasteiger partial charge in [-0.2, -0.15) is 5.26 Å². The molecule has 0 atom stereocenters. The summed E-state index contributed by atoms with van der Waals surface area (Å²) in [5.74, 6) is 1.04. The van der Waals surface area contributed by atoms with Gasteiger partial charge in [-0.15, -0.1) is 0 Å². The molecule has 4 nitrogen and oxygen atoms in total. The van der Waals surface area contributed by atoms with Crippen LogP contribution in [0.5, 0.6) is 0 Å². The number of nitrogens with zero attached hydrogens (tertiary/aromatic N) is 2. The quantitative estimate of drug-likeness (QED) is 0.753. The first-order valence-electron chi connectivity index (χ1n) is 6.41. The van der Waals surface area contributed by atoms with Gasteiger partial charge < -0.3 is 10.1 Å². The molecule has 0 unspecified atom stereocenters. The van der Waals surface area contributed by atoms with Crippen LogP contribution >= 0.6 is 0 Å². The topological polar surface area (TPSA) is 57.9 Å². The lowest BCUT2D eigenvalue weighted by Gasteiger charge is -2.11. The molecule has 98 valence electrons. The number of ether oxygens (including phenoxy) is 1. The maximum Gasteiger partial charge on any atom is 0.144 e. The first-order valence-corrected chi connectivity index (χ1v) is 6.41. The van der Waals surface area contributed by atoms with Gasteiger partial charge in [-0.1, -0.05) is 13.8 Å². The standard InChI is InChI=1S/C14H21N3O/c1-4-18-9-5-8-16-14-12(10-15)6-7-13(17-14)11(2)3/h6-7,11H,4-5,8-9H2,1-3H3,(H,16,17). The molecule has 0 aliphatic carbocycles. The summed E-state index contributed by atoms with van der Waals surface area (Å²) in [5.41, 5.74) is 1.59. The van der Waals surface area contributed by atoms with Gasteiger partial charge in [-0.3, -0.25) is 0 Å². The van der Waals surface area contributed by atoms with E-state index in [-0.39, 0.29) is 0 Å². The molecule has 0 saturated heterocycles. The third-order valence-corrected chi connectivity index (χ3v) is 2.59. The predicted molar refractivity (Wildman–Crippen MR) is 72.6 cm³/mol. The molecular weight excluding hydrogens is 226 g/mol. The molecule has 0 aliphatic rings. The molecule has 1 aromatic heterocycles. The summed E-state index contributed by atoms with van der Waals surface area (Å²) in [4.78, 5) is 4.49. The molecule has 0 bridgehead atoms. The summed E-state index contributed by atoms with van der Waals surface area (Å²) in [7, 11) is 0. The molecule has 0 radical (unpaired) electrons. The van der Waals surface area contributed by atoms with E-state index in [9.17, 15) is 0 Å². The van der Waals surface area contributed by atoms with Crippen molar-refractivity contribution in [1.82, 2.24) is 4.98 Å². The zero-order chi connectivity index (χ0) is 13.4. The first-order chi connectivity index (χ1) is 8.69. The molecule has 0 spiro atoms. The number of anilines is 1. The van der Waals surface area contributed by atoms with Crippen LogP contribution in [0.4, 0.5) is 5.82 Å². The summed E-state index contributed by atoms with van der Waals surface area (Å²) in [6, 6.07) is 5.90. The van der Waals surface area contributed by atoms with Gasteiger partial charge in [0.15, 0.2) is 0 Å². The van der Waals surface area contributed by atoms with Gasteiger partial charge in [-0.25, -0.2) is 4.98 Å². The van der Waals surface area contributed by atoms with E-state index in [0.29, 0.717) is 17.3 Å². The minimum absolute atomic E-state index is 0.363. The number of aromatic nitrogens is 1. The van der Waals surface area contributed by atoms with E-state index in [1.165, 1.54) is 0 Å². The number of hydrogen-bond acceptors (Lipinski definition) is 4. The normalized spacial score (nSPS) is 10.4. The molecule has 18 heavy (non-hydrogen) atoms. The Hall–Kier alpha value is -1.60. The van der Waals surface area contributed by atoms with Gasteiger partial charge in [0.25, 0.3) is 0 Å². The Morgan fingerprint density at radius 1 is 1.44 bits per heavy atom. The fourth-order valence-corrected chi connectivity index (χ4v) is 1.55. The predicted octanol–water partition coefficient (Wildman–Crippen LogP) is 2.92. The minimum atomic E-state index is 0.363. The largest absolute Gasteiger partial charge is 0.382 e. The van der Waals surface area contributed by atoms with Crippen LogP contribution in [-0.4, -0.2) is 24.7 Å². The van der Waals surface area contributed by atoms with E-state index >= 15 is 0 Å². The average Bonchev–Trinajstić information content (AvgIpc) is 2.38. The third-order valence-electron chi connectivity index (χ3n) is 2.59. The molecule has 0 aromatic carbocycles.